The number of aliphatic hydroxyl groups excluding tert-OH is 1. The number of carbonyl (C=O) groups excluding carboxylic acids is 4. The lowest BCUT2D eigenvalue weighted by Gasteiger charge is -2.41. The summed E-state index contributed by atoms with van der Waals surface area (Å²) in [7, 11) is 1.19. The van der Waals surface area contributed by atoms with Crippen LogP contribution in [-0.4, -0.2) is 86.8 Å². The van der Waals surface area contributed by atoms with Gasteiger partial charge in [-0.25, -0.2) is 0 Å². The Morgan fingerprint density at radius 1 is 1.33 bits per heavy atom. The number of nitrogens with one attached hydrogen (secondary N) is 1. The molecule has 1 heterocycles. The van der Waals surface area contributed by atoms with E-state index in [4.69, 9.17) is 18.9 Å². The first-order valence-electron chi connectivity index (χ1n) is 8.26. The van der Waals surface area contributed by atoms with Crippen LogP contribution in [0.25, 0.3) is 0 Å². The first-order valence-corrected chi connectivity index (χ1v) is 8.26. The Morgan fingerprint density at radius 2 is 2.04 bits per heavy atom. The molecule has 0 radical (unpaired) electrons. The molecule has 0 saturated carbocycles. The average molecular weight is 391 g/mol. The quantitative estimate of drug-likeness (QED) is 0.291. The van der Waals surface area contributed by atoms with Crippen molar-refractivity contribution in [3.05, 3.63) is 0 Å². The van der Waals surface area contributed by atoms with E-state index in [0.29, 0.717) is 12.6 Å². The number of ether oxygens (including phenoxy) is 5. The Kier molecular flexibility index (Phi) is 10.0. The highest BCUT2D eigenvalue weighted by molar-refractivity contribution is 5.73. The third-order valence-corrected chi connectivity index (χ3v) is 3.93. The molecule has 1 fully saturated rings. The van der Waals surface area contributed by atoms with E-state index >= 15 is 0 Å². The molecular formula is C16H25NO10. The molecule has 27 heavy (non-hydrogen) atoms. The predicted octanol–water partition coefficient (Wildman–Crippen LogP) is -1.70. The minimum Gasteiger partial charge on any atom is -0.434 e. The van der Waals surface area contributed by atoms with Crippen molar-refractivity contribution in [2.75, 3.05) is 13.7 Å². The Hall–Kier alpha value is -1.92. The van der Waals surface area contributed by atoms with Crippen LogP contribution in [0.5, 0.6) is 0 Å². The lowest BCUT2D eigenvalue weighted by Crippen LogP contribution is -2.58. The first kappa shape index (κ1) is 23.1. The topological polar surface area (TPSA) is 147 Å². The Balaban J connectivity index is 2.91. The maximum Gasteiger partial charge on any atom is 0.295 e. The Morgan fingerprint density at radius 3 is 2.52 bits per heavy atom. The molecule has 0 aliphatic carbocycles. The van der Waals surface area contributed by atoms with Crippen molar-refractivity contribution < 1.29 is 48.0 Å². The zero-order valence-corrected chi connectivity index (χ0v) is 15.3. The van der Waals surface area contributed by atoms with Gasteiger partial charge in [0.2, 0.25) is 18.5 Å². The summed E-state index contributed by atoms with van der Waals surface area (Å²) in [5, 5.41) is 12.0. The summed E-state index contributed by atoms with van der Waals surface area (Å²) < 4.78 is 25.9. The first-order chi connectivity index (χ1) is 12.9. The zero-order chi connectivity index (χ0) is 20.4. The van der Waals surface area contributed by atoms with Crippen molar-refractivity contribution in [2.45, 2.75) is 63.3 Å². The van der Waals surface area contributed by atoms with Gasteiger partial charge in [-0.3, -0.25) is 14.4 Å². The van der Waals surface area contributed by atoms with Crippen molar-refractivity contribution in [3.8, 4) is 0 Å². The summed E-state index contributed by atoms with van der Waals surface area (Å²) in [5.74, 6) is -0.336. The number of aliphatic hydroxyl groups is 1. The van der Waals surface area contributed by atoms with Crippen molar-refractivity contribution >= 4 is 25.0 Å². The van der Waals surface area contributed by atoms with Gasteiger partial charge in [0.15, 0.2) is 18.7 Å². The minimum absolute atomic E-state index is 0.0421. The highest BCUT2D eigenvalue weighted by Gasteiger charge is 2.39. The van der Waals surface area contributed by atoms with Crippen molar-refractivity contribution in [1.82, 2.24) is 5.32 Å². The second-order valence-electron chi connectivity index (χ2n) is 5.86. The minimum atomic E-state index is -1.53. The molecule has 0 bridgehead atoms. The van der Waals surface area contributed by atoms with Crippen LogP contribution in [0.15, 0.2) is 0 Å². The van der Waals surface area contributed by atoms with Crippen LogP contribution < -0.4 is 5.32 Å². The molecule has 0 aromatic rings. The summed E-state index contributed by atoms with van der Waals surface area (Å²) in [6.07, 6.45) is -5.33. The normalized spacial score (nSPS) is 28.4. The molecule has 1 rings (SSSR count). The molecule has 1 aliphatic rings. The maximum absolute atomic E-state index is 11.5. The van der Waals surface area contributed by atoms with Gasteiger partial charge in [-0.15, -0.1) is 0 Å². The maximum atomic E-state index is 11.5. The van der Waals surface area contributed by atoms with E-state index < -0.39 is 43.0 Å². The van der Waals surface area contributed by atoms with Crippen LogP contribution in [-0.2, 0) is 42.9 Å². The van der Waals surface area contributed by atoms with Gasteiger partial charge in [-0.2, -0.15) is 0 Å². The lowest BCUT2D eigenvalue weighted by atomic mass is 9.96. The largest absolute Gasteiger partial charge is 0.434 e. The van der Waals surface area contributed by atoms with Crippen LogP contribution in [0.1, 0.15) is 20.3 Å². The molecule has 1 aliphatic heterocycles. The molecule has 1 saturated heterocycles. The van der Waals surface area contributed by atoms with E-state index in [-0.39, 0.29) is 25.4 Å². The van der Waals surface area contributed by atoms with Crippen molar-refractivity contribution in [3.63, 3.8) is 0 Å². The van der Waals surface area contributed by atoms with Crippen LogP contribution in [0.3, 0.4) is 0 Å². The number of hydrogen-bond donors (Lipinski definition) is 2. The number of hydrogen-bond acceptors (Lipinski definition) is 10. The van der Waals surface area contributed by atoms with Crippen LogP contribution >= 0.6 is 0 Å². The van der Waals surface area contributed by atoms with Gasteiger partial charge < -0.3 is 38.9 Å². The van der Waals surface area contributed by atoms with Gasteiger partial charge >= 0.3 is 0 Å². The number of methoxy groups -OCH3 is 1. The molecule has 11 nitrogen and oxygen atoms in total. The fourth-order valence-corrected chi connectivity index (χ4v) is 2.73. The van der Waals surface area contributed by atoms with Gasteiger partial charge in [-0.05, 0) is 6.92 Å². The number of amides is 1. The highest BCUT2D eigenvalue weighted by Crippen LogP contribution is 2.24. The lowest BCUT2D eigenvalue weighted by molar-refractivity contribution is -0.267. The van der Waals surface area contributed by atoms with E-state index in [1.165, 1.54) is 14.0 Å². The van der Waals surface area contributed by atoms with Gasteiger partial charge in [0.05, 0.1) is 31.0 Å². The van der Waals surface area contributed by atoms with E-state index in [2.05, 4.69) is 10.1 Å². The smallest absolute Gasteiger partial charge is 0.295 e. The molecular weight excluding hydrogens is 366 g/mol. The molecule has 154 valence electrons. The molecule has 0 aromatic carbocycles. The van der Waals surface area contributed by atoms with Crippen LogP contribution in [0.2, 0.25) is 0 Å². The number of carbonyl (C=O) groups is 4. The zero-order valence-electron chi connectivity index (χ0n) is 15.3. The molecule has 7 atom stereocenters. The SMILES string of the molecule is COC(C=O)C(OC=O)O[C@H](C=O)OC1CC(CO)O[C@@H](C)C1NC(C)=O. The van der Waals surface area contributed by atoms with Crippen LogP contribution in [0, 0.1) is 0 Å². The molecule has 1 amide bonds. The second kappa shape index (κ2) is 11.7. The van der Waals surface area contributed by atoms with Gasteiger partial charge in [0, 0.05) is 20.5 Å². The van der Waals surface area contributed by atoms with Gasteiger partial charge in [0.25, 0.3) is 6.47 Å². The standard InChI is InChI=1S/C16H25NO10/c1-9-15(17-10(2)22)12(4-11(5-18)25-9)26-14(7-20)27-16(24-8-21)13(6-19)23-3/h6-9,11-16,18H,4-5H2,1-3H3,(H,17,22)/t9-,11?,12?,13?,14+,15?,16?/m0/s1. The van der Waals surface area contributed by atoms with Crippen molar-refractivity contribution in [2.24, 2.45) is 0 Å². The summed E-state index contributed by atoms with van der Waals surface area (Å²) in [4.78, 5) is 44.4. The fourth-order valence-electron chi connectivity index (χ4n) is 2.73. The van der Waals surface area contributed by atoms with Crippen molar-refractivity contribution in [1.29, 1.82) is 0 Å². The summed E-state index contributed by atoms with van der Waals surface area (Å²) in [6.45, 7) is 2.76. The third-order valence-electron chi connectivity index (χ3n) is 3.93. The summed E-state index contributed by atoms with van der Waals surface area (Å²) >= 11 is 0. The Bertz CT molecular complexity index is 502. The van der Waals surface area contributed by atoms with E-state index in [0.717, 1.165) is 0 Å². The predicted molar refractivity (Wildman–Crippen MR) is 87.3 cm³/mol. The second-order valence-corrected chi connectivity index (χ2v) is 5.86. The third kappa shape index (κ3) is 6.96. The number of aldehydes is 2. The average Bonchev–Trinajstić information content (AvgIpc) is 2.64. The van der Waals surface area contributed by atoms with Gasteiger partial charge in [-0.1, -0.05) is 0 Å². The Labute approximate surface area is 156 Å². The van der Waals surface area contributed by atoms with Gasteiger partial charge in [0.1, 0.15) is 0 Å². The number of rotatable bonds is 12. The molecule has 2 N–H and O–H groups in total. The van der Waals surface area contributed by atoms with Crippen LogP contribution in [0.4, 0.5) is 0 Å². The molecule has 0 spiro atoms. The molecule has 5 unspecified atom stereocenters. The summed E-state index contributed by atoms with van der Waals surface area (Å²) in [5.41, 5.74) is 0. The van der Waals surface area contributed by atoms with E-state index in [1.807, 2.05) is 0 Å². The highest BCUT2D eigenvalue weighted by atomic mass is 16.8. The summed E-state index contributed by atoms with van der Waals surface area (Å²) in [6, 6.07) is -0.619. The monoisotopic (exact) mass is 391 g/mol. The molecule has 0 aromatic heterocycles. The molecule has 11 heteroatoms. The fraction of sp³-hybridized carbons (Fsp3) is 0.750. The van der Waals surface area contributed by atoms with E-state index in [9.17, 15) is 24.3 Å². The van der Waals surface area contributed by atoms with E-state index in [1.54, 1.807) is 6.92 Å².